The molecule has 156 valence electrons. The van der Waals surface area contributed by atoms with Crippen LogP contribution in [0.4, 0.5) is 5.69 Å². The number of nitrogens with zero attached hydrogens (tertiary/aromatic N) is 3. The number of hydrogen-bond acceptors (Lipinski definition) is 3. The summed E-state index contributed by atoms with van der Waals surface area (Å²) in [5.41, 5.74) is 4.63. The van der Waals surface area contributed by atoms with Gasteiger partial charge in [-0.25, -0.2) is 4.99 Å². The first kappa shape index (κ1) is 20.6. The zero-order valence-electron chi connectivity index (χ0n) is 18.0. The molecule has 4 rings (SSSR count). The third-order valence-corrected chi connectivity index (χ3v) is 5.49. The van der Waals surface area contributed by atoms with Crippen LogP contribution in [-0.2, 0) is 11.3 Å². The second-order valence-corrected chi connectivity index (χ2v) is 7.47. The van der Waals surface area contributed by atoms with Crippen molar-refractivity contribution in [1.29, 1.82) is 0 Å². The Kier molecular flexibility index (Phi) is 6.27. The van der Waals surface area contributed by atoms with Gasteiger partial charge in [0, 0.05) is 24.3 Å². The molecule has 3 aromatic rings. The molecule has 0 atom stereocenters. The Morgan fingerprint density at radius 3 is 2.06 bits per heavy atom. The van der Waals surface area contributed by atoms with Gasteiger partial charge in [-0.1, -0.05) is 72.8 Å². The molecule has 0 bridgehead atoms. The van der Waals surface area contributed by atoms with Crippen LogP contribution in [0.5, 0.6) is 0 Å². The van der Waals surface area contributed by atoms with Gasteiger partial charge in [0.25, 0.3) is 5.91 Å². The SMILES string of the molecule is CCN(CC)c1ccc(/C=C2/N=C(c3ccccc3)N(Cc3ccccc3)C2=O)cc1. The van der Waals surface area contributed by atoms with Crippen LogP contribution in [0.3, 0.4) is 0 Å². The molecule has 1 aliphatic heterocycles. The molecule has 0 aromatic heterocycles. The fourth-order valence-corrected chi connectivity index (χ4v) is 3.80. The van der Waals surface area contributed by atoms with Crippen molar-refractivity contribution in [2.75, 3.05) is 18.0 Å². The normalized spacial score (nSPS) is 14.8. The van der Waals surface area contributed by atoms with E-state index in [1.54, 1.807) is 4.90 Å². The van der Waals surface area contributed by atoms with Crippen LogP contribution in [0.25, 0.3) is 6.08 Å². The summed E-state index contributed by atoms with van der Waals surface area (Å²) in [5, 5.41) is 0. The van der Waals surface area contributed by atoms with E-state index in [0.29, 0.717) is 18.1 Å². The van der Waals surface area contributed by atoms with E-state index in [2.05, 4.69) is 30.9 Å². The van der Waals surface area contributed by atoms with Crippen LogP contribution in [-0.4, -0.2) is 29.7 Å². The summed E-state index contributed by atoms with van der Waals surface area (Å²) >= 11 is 0. The van der Waals surface area contributed by atoms with Crippen LogP contribution >= 0.6 is 0 Å². The van der Waals surface area contributed by atoms with E-state index in [1.807, 2.05) is 78.9 Å². The van der Waals surface area contributed by atoms with Crippen LogP contribution in [0, 0.1) is 0 Å². The topological polar surface area (TPSA) is 35.9 Å². The van der Waals surface area contributed by atoms with Gasteiger partial charge in [0.05, 0.1) is 6.54 Å². The molecule has 4 nitrogen and oxygen atoms in total. The molecule has 0 fully saturated rings. The summed E-state index contributed by atoms with van der Waals surface area (Å²) in [6.07, 6.45) is 1.88. The van der Waals surface area contributed by atoms with E-state index < -0.39 is 0 Å². The number of anilines is 1. The van der Waals surface area contributed by atoms with Gasteiger partial charge >= 0.3 is 0 Å². The minimum atomic E-state index is -0.0736. The van der Waals surface area contributed by atoms with Crippen LogP contribution in [0.15, 0.2) is 95.6 Å². The number of hydrogen-bond donors (Lipinski definition) is 0. The number of rotatable bonds is 7. The second-order valence-electron chi connectivity index (χ2n) is 7.47. The summed E-state index contributed by atoms with van der Waals surface area (Å²) in [6.45, 7) is 6.73. The van der Waals surface area contributed by atoms with E-state index in [9.17, 15) is 4.79 Å². The fraction of sp³-hybridized carbons (Fsp3) is 0.185. The molecule has 0 aliphatic carbocycles. The van der Waals surface area contributed by atoms with Gasteiger partial charge in [0.15, 0.2) is 0 Å². The van der Waals surface area contributed by atoms with E-state index >= 15 is 0 Å². The van der Waals surface area contributed by atoms with Crippen molar-refractivity contribution in [3.8, 4) is 0 Å². The third-order valence-electron chi connectivity index (χ3n) is 5.49. The van der Waals surface area contributed by atoms with Gasteiger partial charge in [-0.15, -0.1) is 0 Å². The number of amidine groups is 1. The summed E-state index contributed by atoms with van der Waals surface area (Å²) in [6, 6.07) is 28.2. The Bertz CT molecular complexity index is 1080. The van der Waals surface area contributed by atoms with Gasteiger partial charge in [-0.3, -0.25) is 9.69 Å². The van der Waals surface area contributed by atoms with E-state index in [1.165, 1.54) is 5.69 Å². The van der Waals surface area contributed by atoms with Crippen molar-refractivity contribution in [3.63, 3.8) is 0 Å². The Morgan fingerprint density at radius 1 is 0.839 bits per heavy atom. The van der Waals surface area contributed by atoms with Crippen LogP contribution < -0.4 is 4.90 Å². The maximum absolute atomic E-state index is 13.3. The fourth-order valence-electron chi connectivity index (χ4n) is 3.80. The number of benzene rings is 3. The smallest absolute Gasteiger partial charge is 0.278 e. The van der Waals surface area contributed by atoms with E-state index in [4.69, 9.17) is 4.99 Å². The third kappa shape index (κ3) is 4.58. The molecule has 0 N–H and O–H groups in total. The number of aliphatic imine (C=N–C) groups is 1. The second kappa shape index (κ2) is 9.43. The zero-order chi connectivity index (χ0) is 21.6. The molecule has 0 saturated heterocycles. The van der Waals surface area contributed by atoms with Crippen molar-refractivity contribution in [1.82, 2.24) is 4.90 Å². The Hall–Kier alpha value is -3.66. The average Bonchev–Trinajstić information content (AvgIpc) is 3.12. The van der Waals surface area contributed by atoms with Gasteiger partial charge in [-0.2, -0.15) is 0 Å². The summed E-state index contributed by atoms with van der Waals surface area (Å²) in [4.78, 5) is 22.1. The van der Waals surface area contributed by atoms with E-state index in [-0.39, 0.29) is 5.91 Å². The van der Waals surface area contributed by atoms with Crippen LogP contribution in [0.2, 0.25) is 0 Å². The van der Waals surface area contributed by atoms with Gasteiger partial charge in [0.1, 0.15) is 11.5 Å². The van der Waals surface area contributed by atoms with Gasteiger partial charge < -0.3 is 4.90 Å². The minimum absolute atomic E-state index is 0.0736. The lowest BCUT2D eigenvalue weighted by Crippen LogP contribution is -2.32. The van der Waals surface area contributed by atoms with E-state index in [0.717, 1.165) is 29.8 Å². The Morgan fingerprint density at radius 2 is 1.45 bits per heavy atom. The molecule has 31 heavy (non-hydrogen) atoms. The highest BCUT2D eigenvalue weighted by Gasteiger charge is 2.31. The lowest BCUT2D eigenvalue weighted by molar-refractivity contribution is -0.123. The van der Waals surface area contributed by atoms with Gasteiger partial charge in [-0.05, 0) is 43.2 Å². The first-order chi connectivity index (χ1) is 15.2. The highest BCUT2D eigenvalue weighted by molar-refractivity contribution is 6.19. The molecule has 0 spiro atoms. The highest BCUT2D eigenvalue weighted by atomic mass is 16.2. The number of amides is 1. The standard InChI is InChI=1S/C27H27N3O/c1-3-29(4-2)24-17-15-21(16-18-24)19-25-27(31)30(20-22-11-7-5-8-12-22)26(28-25)23-13-9-6-10-14-23/h5-19H,3-4,20H2,1-2H3/b25-19+. The summed E-state index contributed by atoms with van der Waals surface area (Å²) in [7, 11) is 0. The maximum Gasteiger partial charge on any atom is 0.278 e. The molecule has 1 heterocycles. The van der Waals surface area contributed by atoms with Gasteiger partial charge in [0.2, 0.25) is 0 Å². The van der Waals surface area contributed by atoms with Crippen molar-refractivity contribution in [3.05, 3.63) is 107 Å². The molecule has 4 heteroatoms. The Labute approximate surface area is 184 Å². The monoisotopic (exact) mass is 409 g/mol. The molecular weight excluding hydrogens is 382 g/mol. The minimum Gasteiger partial charge on any atom is -0.372 e. The zero-order valence-corrected chi connectivity index (χ0v) is 18.0. The lowest BCUT2D eigenvalue weighted by Gasteiger charge is -2.20. The average molecular weight is 410 g/mol. The molecular formula is C27H27N3O. The first-order valence-corrected chi connectivity index (χ1v) is 10.8. The quantitative estimate of drug-likeness (QED) is 0.492. The molecule has 0 radical (unpaired) electrons. The van der Waals surface area contributed by atoms with Crippen molar-refractivity contribution in [2.45, 2.75) is 20.4 Å². The molecule has 1 aliphatic rings. The predicted octanol–water partition coefficient (Wildman–Crippen LogP) is 5.36. The summed E-state index contributed by atoms with van der Waals surface area (Å²) in [5.74, 6) is 0.621. The lowest BCUT2D eigenvalue weighted by atomic mass is 10.1. The van der Waals surface area contributed by atoms with Crippen molar-refractivity contribution in [2.24, 2.45) is 4.99 Å². The number of carbonyl (C=O) groups excluding carboxylic acids is 1. The van der Waals surface area contributed by atoms with Crippen molar-refractivity contribution >= 4 is 23.5 Å². The largest absolute Gasteiger partial charge is 0.372 e. The molecule has 0 saturated carbocycles. The number of carbonyl (C=O) groups is 1. The molecule has 1 amide bonds. The predicted molar refractivity (Wildman–Crippen MR) is 128 cm³/mol. The highest BCUT2D eigenvalue weighted by Crippen LogP contribution is 2.25. The molecule has 3 aromatic carbocycles. The molecule has 0 unspecified atom stereocenters. The van der Waals surface area contributed by atoms with Crippen LogP contribution in [0.1, 0.15) is 30.5 Å². The first-order valence-electron chi connectivity index (χ1n) is 10.8. The van der Waals surface area contributed by atoms with Crippen molar-refractivity contribution < 1.29 is 4.79 Å². The maximum atomic E-state index is 13.3. The Balaban J connectivity index is 1.66. The summed E-state index contributed by atoms with van der Waals surface area (Å²) < 4.78 is 0.